The van der Waals surface area contributed by atoms with Crippen molar-refractivity contribution < 1.29 is 18.4 Å². The highest BCUT2D eigenvalue weighted by Crippen LogP contribution is 2.52. The Balaban J connectivity index is 2.74. The minimum atomic E-state index is -3.26. The molecule has 0 spiro atoms. The summed E-state index contributed by atoms with van der Waals surface area (Å²) in [6.45, 7) is 1.79. The van der Waals surface area contributed by atoms with Gasteiger partial charge in [0, 0.05) is 24.7 Å². The lowest BCUT2D eigenvalue weighted by Crippen LogP contribution is -2.39. The zero-order chi connectivity index (χ0) is 13.8. The summed E-state index contributed by atoms with van der Waals surface area (Å²) in [7, 11) is -0.665. The largest absolute Gasteiger partial charge is 0.337 e. The molecule has 0 saturated heterocycles. The first-order valence-electron chi connectivity index (χ1n) is 5.93. The van der Waals surface area contributed by atoms with Crippen LogP contribution in [-0.4, -0.2) is 26.2 Å². The highest BCUT2D eigenvalue weighted by Gasteiger charge is 2.45. The van der Waals surface area contributed by atoms with Crippen LogP contribution >= 0.6 is 19.2 Å². The highest BCUT2D eigenvalue weighted by atomic mass is 35.5. The Hall–Kier alpha value is -0.150. The van der Waals surface area contributed by atoms with Crippen LogP contribution < -0.4 is 0 Å². The van der Waals surface area contributed by atoms with Crippen LogP contribution in [0.3, 0.4) is 0 Å². The van der Waals surface area contributed by atoms with Crippen LogP contribution in [0.4, 0.5) is 0 Å². The monoisotopic (exact) mass is 294 g/mol. The third-order valence-electron chi connectivity index (χ3n) is 3.57. The van der Waals surface area contributed by atoms with Crippen molar-refractivity contribution in [2.75, 3.05) is 20.4 Å². The van der Waals surface area contributed by atoms with Gasteiger partial charge in [0.2, 0.25) is 0 Å². The normalized spacial score (nSPS) is 19.4. The minimum absolute atomic E-state index is 0.0463. The third kappa shape index (κ3) is 3.67. The van der Waals surface area contributed by atoms with Crippen molar-refractivity contribution in [2.45, 2.75) is 32.6 Å². The zero-order valence-electron chi connectivity index (χ0n) is 11.1. The predicted molar refractivity (Wildman–Crippen MR) is 72.0 cm³/mol. The standard InChI is InChI=1S/C12H20ClO4P/c1-10(13)5-8-12(6-4-7-12)11(14)9-18(15,16-2)17-3/h5H,4,6-9H2,1-3H3/b10-5-. The molecular formula is C12H20ClO4P. The summed E-state index contributed by atoms with van der Waals surface area (Å²) in [5, 5.41) is 0.677. The van der Waals surface area contributed by atoms with E-state index in [1.54, 1.807) is 6.92 Å². The van der Waals surface area contributed by atoms with Crippen LogP contribution in [0.5, 0.6) is 0 Å². The van der Waals surface area contributed by atoms with E-state index in [0.29, 0.717) is 11.5 Å². The number of Topliss-reactive ketones (excluding diaryl/α,β-unsaturated/α-hetero) is 1. The maximum absolute atomic E-state index is 12.3. The predicted octanol–water partition coefficient (Wildman–Crippen LogP) is 3.74. The minimum Gasteiger partial charge on any atom is -0.312 e. The number of halogens is 1. The van der Waals surface area contributed by atoms with E-state index in [1.807, 2.05) is 6.08 Å². The van der Waals surface area contributed by atoms with Gasteiger partial charge in [-0.2, -0.15) is 0 Å². The van der Waals surface area contributed by atoms with E-state index < -0.39 is 13.0 Å². The van der Waals surface area contributed by atoms with Crippen LogP contribution in [0.25, 0.3) is 0 Å². The molecule has 0 bridgehead atoms. The zero-order valence-corrected chi connectivity index (χ0v) is 12.7. The van der Waals surface area contributed by atoms with E-state index in [4.69, 9.17) is 20.6 Å². The molecule has 1 rings (SSSR count). The topological polar surface area (TPSA) is 52.6 Å². The lowest BCUT2D eigenvalue weighted by molar-refractivity contribution is -0.130. The number of allylic oxidation sites excluding steroid dienone is 2. The van der Waals surface area contributed by atoms with E-state index >= 15 is 0 Å². The molecule has 0 aliphatic heterocycles. The second-order valence-corrected chi connectivity index (χ2v) is 7.55. The average Bonchev–Trinajstić information content (AvgIpc) is 2.27. The number of carbonyl (C=O) groups is 1. The Morgan fingerprint density at radius 2 is 1.94 bits per heavy atom. The number of hydrogen-bond donors (Lipinski definition) is 0. The molecule has 1 fully saturated rings. The van der Waals surface area contributed by atoms with Crippen molar-refractivity contribution >= 4 is 25.0 Å². The molecule has 0 heterocycles. The van der Waals surface area contributed by atoms with Gasteiger partial charge in [-0.1, -0.05) is 24.1 Å². The first kappa shape index (κ1) is 15.9. The Kier molecular flexibility index (Phi) is 5.60. The lowest BCUT2D eigenvalue weighted by atomic mass is 9.64. The summed E-state index contributed by atoms with van der Waals surface area (Å²) in [5.74, 6) is -0.0463. The summed E-state index contributed by atoms with van der Waals surface area (Å²) in [6, 6.07) is 0. The van der Waals surface area contributed by atoms with E-state index in [0.717, 1.165) is 19.3 Å². The molecule has 104 valence electrons. The molecule has 18 heavy (non-hydrogen) atoms. The molecule has 0 unspecified atom stereocenters. The molecule has 1 aliphatic carbocycles. The Morgan fingerprint density at radius 1 is 1.39 bits per heavy atom. The molecule has 0 radical (unpaired) electrons. The molecule has 0 aromatic carbocycles. The van der Waals surface area contributed by atoms with Gasteiger partial charge in [-0.25, -0.2) is 0 Å². The fourth-order valence-corrected chi connectivity index (χ4v) is 3.26. The van der Waals surface area contributed by atoms with Crippen molar-refractivity contribution in [3.63, 3.8) is 0 Å². The lowest BCUT2D eigenvalue weighted by Gasteiger charge is -2.40. The van der Waals surface area contributed by atoms with Crippen molar-refractivity contribution in [1.82, 2.24) is 0 Å². The molecule has 0 amide bonds. The van der Waals surface area contributed by atoms with Gasteiger partial charge >= 0.3 is 7.60 Å². The van der Waals surface area contributed by atoms with Crippen LogP contribution in [0.15, 0.2) is 11.1 Å². The molecule has 1 saturated carbocycles. The van der Waals surface area contributed by atoms with E-state index in [2.05, 4.69) is 0 Å². The van der Waals surface area contributed by atoms with Crippen LogP contribution in [0.2, 0.25) is 0 Å². The van der Waals surface area contributed by atoms with Crippen molar-refractivity contribution in [3.8, 4) is 0 Å². The van der Waals surface area contributed by atoms with Gasteiger partial charge in [-0.05, 0) is 26.2 Å². The van der Waals surface area contributed by atoms with Gasteiger partial charge < -0.3 is 9.05 Å². The van der Waals surface area contributed by atoms with Gasteiger partial charge in [-0.15, -0.1) is 0 Å². The first-order valence-corrected chi connectivity index (χ1v) is 8.04. The summed E-state index contributed by atoms with van der Waals surface area (Å²) in [4.78, 5) is 12.3. The van der Waals surface area contributed by atoms with Gasteiger partial charge in [0.25, 0.3) is 0 Å². The second-order valence-electron chi connectivity index (χ2n) is 4.69. The summed E-state index contributed by atoms with van der Waals surface area (Å²) >= 11 is 5.80. The highest BCUT2D eigenvalue weighted by molar-refractivity contribution is 7.54. The van der Waals surface area contributed by atoms with Gasteiger partial charge in [0.15, 0.2) is 5.78 Å². The van der Waals surface area contributed by atoms with Crippen LogP contribution in [0, 0.1) is 5.41 Å². The first-order chi connectivity index (χ1) is 8.37. The SMILES string of the molecule is COP(=O)(CC(=O)C1(C/C=C(/C)Cl)CCC1)OC. The Morgan fingerprint density at radius 3 is 2.28 bits per heavy atom. The maximum Gasteiger partial charge on any atom is 0.337 e. The summed E-state index contributed by atoms with van der Waals surface area (Å²) in [5.41, 5.74) is -0.414. The average molecular weight is 295 g/mol. The molecular weight excluding hydrogens is 275 g/mol. The fraction of sp³-hybridized carbons (Fsp3) is 0.750. The summed E-state index contributed by atoms with van der Waals surface area (Å²) < 4.78 is 21.6. The van der Waals surface area contributed by atoms with Crippen molar-refractivity contribution in [1.29, 1.82) is 0 Å². The number of ketones is 1. The van der Waals surface area contributed by atoms with Crippen molar-refractivity contribution in [2.24, 2.45) is 5.41 Å². The van der Waals surface area contributed by atoms with Crippen LogP contribution in [-0.2, 0) is 18.4 Å². The molecule has 0 aromatic rings. The van der Waals surface area contributed by atoms with Gasteiger partial charge in [0.1, 0.15) is 6.16 Å². The van der Waals surface area contributed by atoms with Crippen molar-refractivity contribution in [3.05, 3.63) is 11.1 Å². The molecule has 1 aliphatic rings. The fourth-order valence-electron chi connectivity index (χ4n) is 2.08. The summed E-state index contributed by atoms with van der Waals surface area (Å²) in [6.07, 6.45) is 4.96. The van der Waals surface area contributed by atoms with E-state index in [-0.39, 0.29) is 11.9 Å². The molecule has 6 heteroatoms. The number of rotatable bonds is 7. The van der Waals surface area contributed by atoms with Gasteiger partial charge in [-0.3, -0.25) is 9.36 Å². The molecule has 0 aromatic heterocycles. The Labute approximate surface area is 113 Å². The number of hydrogen-bond acceptors (Lipinski definition) is 4. The maximum atomic E-state index is 12.3. The molecule has 4 nitrogen and oxygen atoms in total. The van der Waals surface area contributed by atoms with E-state index in [1.165, 1.54) is 14.2 Å². The number of carbonyl (C=O) groups excluding carboxylic acids is 1. The van der Waals surface area contributed by atoms with Gasteiger partial charge in [0.05, 0.1) is 0 Å². The smallest absolute Gasteiger partial charge is 0.312 e. The second kappa shape index (κ2) is 6.33. The molecule has 0 atom stereocenters. The Bertz CT molecular complexity index is 376. The van der Waals surface area contributed by atoms with E-state index in [9.17, 15) is 9.36 Å². The molecule has 0 N–H and O–H groups in total. The quantitative estimate of drug-likeness (QED) is 0.671. The third-order valence-corrected chi connectivity index (χ3v) is 5.51. The van der Waals surface area contributed by atoms with Crippen LogP contribution in [0.1, 0.15) is 32.6 Å².